The highest BCUT2D eigenvalue weighted by Gasteiger charge is 2.54. The van der Waals surface area contributed by atoms with Crippen LogP contribution in [0.1, 0.15) is 239 Å². The third kappa shape index (κ3) is 13.4. The first kappa shape index (κ1) is 75.1. The first-order valence-electron chi connectivity index (χ1n) is 40.3. The molecule has 0 saturated carbocycles. The number of aryl methyl sites for hydroxylation is 4. The van der Waals surface area contributed by atoms with Gasteiger partial charge in [0.1, 0.15) is 35.4 Å². The molecule has 4 aromatic heterocycles. The average molecular weight is 1530 g/mol. The molecule has 0 atom stereocenters. The number of fused-ring (bicyclic) bond motifs is 11. The SMILES string of the molecule is CCCCCCc1ccc(C2(c3ccc(CCCCCC)cc3)c3cc(-c4ccc(/C=C5\C(=O)c6ccccc6C5=C(C#N)C#N)s4)ccc3-c3sc4c5c(sc4c32)-c2ccc(-c3ccc(/C=C4\C(=O)c6ccccc6C4=C(C#N)C#N)s3)cc2C5(c2ccc(CCCCCC)cc2)c2ccc(CCCCCC)cc2)cc1. The van der Waals surface area contributed by atoms with Crippen molar-refractivity contribution in [1.29, 1.82) is 21.0 Å². The van der Waals surface area contributed by atoms with Crippen LogP contribution in [0.3, 0.4) is 0 Å². The Morgan fingerprint density at radius 3 is 0.955 bits per heavy atom. The van der Waals surface area contributed by atoms with Crippen molar-refractivity contribution in [3.8, 4) is 66.0 Å². The number of carbonyl (C=O) groups is 2. The van der Waals surface area contributed by atoms with E-state index in [-0.39, 0.29) is 22.7 Å². The molecule has 0 N–H and O–H groups in total. The number of benzene rings is 8. The van der Waals surface area contributed by atoms with Gasteiger partial charge >= 0.3 is 0 Å². The van der Waals surface area contributed by atoms with Gasteiger partial charge in [0.25, 0.3) is 0 Å². The number of hydrogen-bond acceptors (Lipinski definition) is 10. The lowest BCUT2D eigenvalue weighted by Gasteiger charge is -2.35. The number of ketones is 2. The molecule has 552 valence electrons. The molecule has 0 aliphatic heterocycles. The summed E-state index contributed by atoms with van der Waals surface area (Å²) in [7, 11) is 0. The Morgan fingerprint density at radius 1 is 0.339 bits per heavy atom. The van der Waals surface area contributed by atoms with Gasteiger partial charge in [0.15, 0.2) is 11.6 Å². The van der Waals surface area contributed by atoms with E-state index in [1.54, 1.807) is 34.8 Å². The van der Waals surface area contributed by atoms with E-state index < -0.39 is 10.8 Å². The van der Waals surface area contributed by atoms with E-state index in [1.165, 1.54) is 174 Å². The summed E-state index contributed by atoms with van der Waals surface area (Å²) in [5.41, 5.74) is 21.9. The fourth-order valence-electron chi connectivity index (χ4n) is 18.1. The van der Waals surface area contributed by atoms with Crippen molar-refractivity contribution in [1.82, 2.24) is 0 Å². The zero-order chi connectivity index (χ0) is 77.0. The van der Waals surface area contributed by atoms with Crippen molar-refractivity contribution in [2.75, 3.05) is 0 Å². The Balaban J connectivity index is 0.924. The first-order chi connectivity index (χ1) is 55.0. The van der Waals surface area contributed by atoms with E-state index in [0.717, 1.165) is 82.0 Å². The zero-order valence-corrected chi connectivity index (χ0v) is 67.4. The van der Waals surface area contributed by atoms with E-state index in [2.05, 4.69) is 210 Å². The van der Waals surface area contributed by atoms with Crippen LogP contribution in [-0.2, 0) is 36.5 Å². The minimum Gasteiger partial charge on any atom is -0.289 e. The van der Waals surface area contributed by atoms with Gasteiger partial charge in [-0.2, -0.15) is 21.0 Å². The summed E-state index contributed by atoms with van der Waals surface area (Å²) < 4.78 is 2.59. The van der Waals surface area contributed by atoms with E-state index >= 15 is 0 Å². The molecule has 16 rings (SSSR count). The predicted octanol–water partition coefficient (Wildman–Crippen LogP) is 27.8. The molecule has 0 radical (unpaired) electrons. The van der Waals surface area contributed by atoms with Crippen LogP contribution < -0.4 is 0 Å². The van der Waals surface area contributed by atoms with Crippen molar-refractivity contribution in [3.05, 3.63) is 327 Å². The van der Waals surface area contributed by atoms with Gasteiger partial charge in [-0.05, 0) is 189 Å². The van der Waals surface area contributed by atoms with Gasteiger partial charge in [-0.1, -0.05) is 275 Å². The van der Waals surface area contributed by atoms with Crippen LogP contribution in [0.15, 0.2) is 229 Å². The number of allylic oxidation sites excluding steroid dienone is 6. The molecule has 0 unspecified atom stereocenters. The molecule has 4 heterocycles. The minimum absolute atomic E-state index is 0.0781. The first-order valence-corrected chi connectivity index (χ1v) is 43.6. The van der Waals surface area contributed by atoms with Crippen LogP contribution in [0.2, 0.25) is 0 Å². The number of unbranched alkanes of at least 4 members (excludes halogenated alkanes) is 12. The summed E-state index contributed by atoms with van der Waals surface area (Å²) in [5, 5.41) is 41.1. The molecule has 0 saturated heterocycles. The van der Waals surface area contributed by atoms with E-state index in [4.69, 9.17) is 0 Å². The maximum atomic E-state index is 14.3. The third-order valence-corrected chi connectivity index (χ3v) is 28.5. The monoisotopic (exact) mass is 1530 g/mol. The van der Waals surface area contributed by atoms with Gasteiger partial charge in [-0.3, -0.25) is 9.59 Å². The molecular weight excluding hydrogens is 1440 g/mol. The van der Waals surface area contributed by atoms with Crippen LogP contribution >= 0.6 is 45.3 Å². The topological polar surface area (TPSA) is 129 Å². The number of Topliss-reactive ketones (excluding diaryl/α,β-unsaturated/α-hetero) is 2. The Morgan fingerprint density at radius 2 is 0.652 bits per heavy atom. The van der Waals surface area contributed by atoms with Crippen molar-refractivity contribution >= 4 is 89.6 Å². The van der Waals surface area contributed by atoms with Crippen molar-refractivity contribution < 1.29 is 9.59 Å². The standard InChI is InChI=1S/C102H88N4O2S4/c1-5-9-13-17-25-65-33-43-73(44-34-65)101(74-45-35-66(36-46-74)26-18-14-10-6-2)87-57-69(89-55-51-77(109-89)59-85-91(71(61-103)62-104)79-29-21-23-31-81(79)95(85)107)41-53-83(87)97-93(101)99-100(111-97)94-98(112-99)84-54-42-70(90-56-52-78(110-90)60-86-92(72(63-105)64-106)80-30-22-24-32-82(80)96(86)108)58-88(84)102(94,75-47-37-67(38-48-75)27-19-15-11-7-3)76-49-39-68(40-50-76)28-20-16-12-8-4/h21-24,29-60H,5-20,25-28H2,1-4H3/b85-59-,86-60-. The summed E-state index contributed by atoms with van der Waals surface area (Å²) in [6.45, 7) is 9.11. The lowest BCUT2D eigenvalue weighted by molar-refractivity contribution is 0.103. The Kier molecular flexibility index (Phi) is 22.0. The van der Waals surface area contributed by atoms with Crippen molar-refractivity contribution in [2.24, 2.45) is 0 Å². The molecule has 12 aromatic rings. The summed E-state index contributed by atoms with van der Waals surface area (Å²) in [6.07, 6.45) is 26.8. The number of thiophene rings is 4. The Labute approximate surface area is 675 Å². The highest BCUT2D eigenvalue weighted by molar-refractivity contribution is 7.32. The smallest absolute Gasteiger partial charge is 0.194 e. The molecule has 0 amide bonds. The number of rotatable bonds is 28. The van der Waals surface area contributed by atoms with Gasteiger partial charge < -0.3 is 0 Å². The second-order valence-corrected chi connectivity index (χ2v) is 34.8. The second kappa shape index (κ2) is 32.8. The quantitative estimate of drug-likeness (QED) is 0.0273. The normalized spacial score (nSPS) is 14.6. The molecule has 4 aliphatic carbocycles. The van der Waals surface area contributed by atoms with Gasteiger partial charge in [0.05, 0.1) is 20.2 Å². The minimum atomic E-state index is -0.790. The highest BCUT2D eigenvalue weighted by Crippen LogP contribution is 2.69. The van der Waals surface area contributed by atoms with Crippen molar-refractivity contribution in [3.63, 3.8) is 0 Å². The van der Waals surface area contributed by atoms with E-state index in [9.17, 15) is 30.6 Å². The summed E-state index contributed by atoms with van der Waals surface area (Å²) in [6, 6.07) is 84.6. The number of nitriles is 4. The summed E-state index contributed by atoms with van der Waals surface area (Å²) in [5.74, 6) is -0.387. The number of nitrogens with zero attached hydrogens (tertiary/aromatic N) is 4. The average Bonchev–Trinajstić information content (AvgIpc) is 1.49. The van der Waals surface area contributed by atoms with Crippen LogP contribution in [-0.4, -0.2) is 11.6 Å². The largest absolute Gasteiger partial charge is 0.289 e. The van der Waals surface area contributed by atoms with Crippen LogP contribution in [0, 0.1) is 45.3 Å². The maximum absolute atomic E-state index is 14.3. The predicted molar refractivity (Wildman–Crippen MR) is 466 cm³/mol. The number of carbonyl (C=O) groups excluding carboxylic acids is 2. The molecule has 0 bridgehead atoms. The van der Waals surface area contributed by atoms with Crippen LogP contribution in [0.5, 0.6) is 0 Å². The molecule has 0 spiro atoms. The summed E-state index contributed by atoms with van der Waals surface area (Å²) >= 11 is 7.15. The second-order valence-electron chi connectivity index (χ2n) is 30.5. The van der Waals surface area contributed by atoms with E-state index in [1.807, 2.05) is 71.2 Å². The fraction of sp³-hybridized carbons (Fsp3) is 0.255. The highest BCUT2D eigenvalue weighted by atomic mass is 32.1. The molecule has 8 aromatic carbocycles. The summed E-state index contributed by atoms with van der Waals surface area (Å²) in [4.78, 5) is 35.0. The molecule has 0 fully saturated rings. The Hall–Kier alpha value is -10.9. The lowest BCUT2D eigenvalue weighted by Crippen LogP contribution is -2.29. The van der Waals surface area contributed by atoms with Gasteiger partial charge in [0.2, 0.25) is 0 Å². The lowest BCUT2D eigenvalue weighted by atomic mass is 9.66. The Bertz CT molecular complexity index is 5460. The molecule has 4 aliphatic rings. The van der Waals surface area contributed by atoms with Crippen LogP contribution in [0.25, 0.3) is 74.5 Å². The molecule has 112 heavy (non-hydrogen) atoms. The van der Waals surface area contributed by atoms with Crippen molar-refractivity contribution in [2.45, 2.75) is 167 Å². The zero-order valence-electron chi connectivity index (χ0n) is 64.2. The van der Waals surface area contributed by atoms with Gasteiger partial charge in [-0.25, -0.2) is 0 Å². The fourth-order valence-corrected chi connectivity index (χ4v) is 23.1. The molecular formula is C102H88N4O2S4. The van der Waals surface area contributed by atoms with Crippen LogP contribution in [0.4, 0.5) is 0 Å². The van der Waals surface area contributed by atoms with Gasteiger partial charge in [0, 0.05) is 73.8 Å². The number of hydrogen-bond donors (Lipinski definition) is 0. The molecule has 6 nitrogen and oxygen atoms in total. The molecule has 10 heteroatoms. The third-order valence-electron chi connectivity index (χ3n) is 23.7. The van der Waals surface area contributed by atoms with Gasteiger partial charge in [-0.15, -0.1) is 45.3 Å². The van der Waals surface area contributed by atoms with E-state index in [0.29, 0.717) is 44.5 Å². The maximum Gasteiger partial charge on any atom is 0.194 e.